The minimum absolute atomic E-state index is 0.244. The van der Waals surface area contributed by atoms with Crippen LogP contribution in [0, 0.1) is 11.8 Å². The van der Waals surface area contributed by atoms with Crippen LogP contribution < -0.4 is 10.5 Å². The highest BCUT2D eigenvalue weighted by atomic mass is 32.2. The molecule has 5 nitrogen and oxygen atoms in total. The fraction of sp³-hybridized carbons (Fsp3) is 0.429. The average Bonchev–Trinajstić information content (AvgIpc) is 2.99. The molecule has 1 saturated heterocycles. The Hall–Kier alpha value is -1.39. The lowest BCUT2D eigenvalue weighted by atomic mass is 10.1. The van der Waals surface area contributed by atoms with Crippen molar-refractivity contribution >= 4 is 10.2 Å². The third-order valence-corrected chi connectivity index (χ3v) is 4.75. The van der Waals surface area contributed by atoms with E-state index in [0.717, 1.165) is 24.0 Å². The molecule has 0 atom stereocenters. The number of nitrogens with two attached hydrogens (primary N) is 1. The van der Waals surface area contributed by atoms with Gasteiger partial charge in [-0.25, -0.2) is 0 Å². The van der Waals surface area contributed by atoms with Gasteiger partial charge in [-0.3, -0.25) is 0 Å². The van der Waals surface area contributed by atoms with Crippen LogP contribution in [0.2, 0.25) is 0 Å². The molecular weight excluding hydrogens is 274 g/mol. The predicted octanol–water partition coefficient (Wildman–Crippen LogP) is 0.427. The van der Waals surface area contributed by atoms with Crippen LogP contribution in [0.3, 0.4) is 0 Å². The molecule has 1 aromatic carbocycles. The number of hydrogen-bond acceptors (Lipinski definition) is 3. The van der Waals surface area contributed by atoms with Gasteiger partial charge in [-0.05, 0) is 24.5 Å². The summed E-state index contributed by atoms with van der Waals surface area (Å²) in [4.78, 5) is 0. The van der Waals surface area contributed by atoms with Crippen LogP contribution >= 0.6 is 0 Å². The second kappa shape index (κ2) is 6.86. The molecule has 1 aromatic rings. The number of nitrogens with zero attached hydrogens (tertiary/aromatic N) is 1. The van der Waals surface area contributed by atoms with Crippen LogP contribution in [-0.2, 0) is 16.8 Å². The molecule has 1 aliphatic rings. The molecule has 0 bridgehead atoms. The molecular formula is C14H19N3O2S. The lowest BCUT2D eigenvalue weighted by Gasteiger charge is -2.16. The number of hydrogen-bond donors (Lipinski definition) is 2. The molecule has 0 unspecified atom stereocenters. The van der Waals surface area contributed by atoms with Gasteiger partial charge in [0.2, 0.25) is 0 Å². The van der Waals surface area contributed by atoms with E-state index >= 15 is 0 Å². The van der Waals surface area contributed by atoms with Gasteiger partial charge < -0.3 is 5.73 Å². The minimum atomic E-state index is -3.39. The van der Waals surface area contributed by atoms with Crippen LogP contribution in [0.25, 0.3) is 0 Å². The van der Waals surface area contributed by atoms with Gasteiger partial charge >= 0.3 is 0 Å². The van der Waals surface area contributed by atoms with Crippen molar-refractivity contribution in [3.8, 4) is 11.8 Å². The van der Waals surface area contributed by atoms with Gasteiger partial charge in [-0.1, -0.05) is 30.0 Å². The van der Waals surface area contributed by atoms with Gasteiger partial charge in [0.1, 0.15) is 0 Å². The fourth-order valence-corrected chi connectivity index (χ4v) is 3.39. The van der Waals surface area contributed by atoms with Crippen LogP contribution in [0.4, 0.5) is 0 Å². The monoisotopic (exact) mass is 293 g/mol. The van der Waals surface area contributed by atoms with Crippen molar-refractivity contribution in [2.75, 3.05) is 19.6 Å². The van der Waals surface area contributed by atoms with Crippen molar-refractivity contribution in [1.82, 2.24) is 9.03 Å². The highest BCUT2D eigenvalue weighted by Crippen LogP contribution is 2.13. The molecule has 0 aliphatic carbocycles. The zero-order chi connectivity index (χ0) is 14.4. The first-order chi connectivity index (χ1) is 9.63. The normalized spacial score (nSPS) is 15.8. The first-order valence-electron chi connectivity index (χ1n) is 6.65. The van der Waals surface area contributed by atoms with E-state index in [1.807, 2.05) is 24.3 Å². The molecule has 2 rings (SSSR count). The lowest BCUT2D eigenvalue weighted by molar-refractivity contribution is 0.464. The second-order valence-electron chi connectivity index (χ2n) is 4.60. The van der Waals surface area contributed by atoms with Gasteiger partial charge in [0, 0.05) is 25.2 Å². The summed E-state index contributed by atoms with van der Waals surface area (Å²) in [6.45, 7) is 1.73. The molecule has 1 aliphatic heterocycles. The van der Waals surface area contributed by atoms with Crippen molar-refractivity contribution in [2.45, 2.75) is 19.4 Å². The van der Waals surface area contributed by atoms with Crippen LogP contribution in [0.5, 0.6) is 0 Å². The van der Waals surface area contributed by atoms with E-state index < -0.39 is 10.2 Å². The van der Waals surface area contributed by atoms with Crippen LogP contribution in [-0.4, -0.2) is 32.4 Å². The van der Waals surface area contributed by atoms with E-state index in [-0.39, 0.29) is 13.1 Å². The van der Waals surface area contributed by atoms with E-state index in [9.17, 15) is 8.42 Å². The van der Waals surface area contributed by atoms with E-state index in [2.05, 4.69) is 16.6 Å². The van der Waals surface area contributed by atoms with Crippen LogP contribution in [0.1, 0.15) is 24.0 Å². The molecule has 0 saturated carbocycles. The zero-order valence-electron chi connectivity index (χ0n) is 11.3. The molecule has 1 heterocycles. The number of benzene rings is 1. The summed E-state index contributed by atoms with van der Waals surface area (Å²) in [6.07, 6.45) is 1.86. The Balaban J connectivity index is 2.07. The third kappa shape index (κ3) is 3.81. The van der Waals surface area contributed by atoms with Gasteiger partial charge in [0.15, 0.2) is 0 Å². The first-order valence-corrected chi connectivity index (χ1v) is 8.09. The molecule has 0 spiro atoms. The minimum Gasteiger partial charge on any atom is -0.320 e. The quantitative estimate of drug-likeness (QED) is 0.790. The van der Waals surface area contributed by atoms with Gasteiger partial charge in [-0.2, -0.15) is 17.4 Å². The predicted molar refractivity (Wildman–Crippen MR) is 78.9 cm³/mol. The number of rotatable bonds is 4. The molecule has 108 valence electrons. The van der Waals surface area contributed by atoms with Crippen LogP contribution in [0.15, 0.2) is 24.3 Å². The third-order valence-electron chi connectivity index (χ3n) is 3.19. The largest absolute Gasteiger partial charge is 0.320 e. The van der Waals surface area contributed by atoms with Crippen molar-refractivity contribution in [3.05, 3.63) is 35.4 Å². The van der Waals surface area contributed by atoms with E-state index in [4.69, 9.17) is 5.73 Å². The highest BCUT2D eigenvalue weighted by molar-refractivity contribution is 7.87. The Morgan fingerprint density at radius 1 is 1.25 bits per heavy atom. The summed E-state index contributed by atoms with van der Waals surface area (Å²) in [5.41, 5.74) is 7.03. The smallest absolute Gasteiger partial charge is 0.279 e. The average molecular weight is 293 g/mol. The first kappa shape index (κ1) is 15.0. The summed E-state index contributed by atoms with van der Waals surface area (Å²) in [5, 5.41) is 0. The molecule has 0 radical (unpaired) electrons. The topological polar surface area (TPSA) is 75.4 Å². The zero-order valence-corrected chi connectivity index (χ0v) is 12.1. The van der Waals surface area contributed by atoms with Crippen molar-refractivity contribution in [3.63, 3.8) is 0 Å². The molecule has 6 heteroatoms. The molecule has 0 amide bonds. The Morgan fingerprint density at radius 2 is 1.95 bits per heavy atom. The Bertz CT molecular complexity index is 611. The maximum Gasteiger partial charge on any atom is 0.279 e. The van der Waals surface area contributed by atoms with Crippen molar-refractivity contribution in [1.29, 1.82) is 0 Å². The van der Waals surface area contributed by atoms with Gasteiger partial charge in [0.05, 0.1) is 6.54 Å². The summed E-state index contributed by atoms with van der Waals surface area (Å²) in [6, 6.07) is 7.47. The summed E-state index contributed by atoms with van der Waals surface area (Å²) >= 11 is 0. The van der Waals surface area contributed by atoms with E-state index in [0.29, 0.717) is 13.1 Å². The Kier molecular flexibility index (Phi) is 5.15. The number of nitrogens with one attached hydrogen (secondary N) is 1. The van der Waals surface area contributed by atoms with Gasteiger partial charge in [-0.15, -0.1) is 0 Å². The van der Waals surface area contributed by atoms with E-state index in [1.54, 1.807) is 0 Å². The van der Waals surface area contributed by atoms with Crippen molar-refractivity contribution in [2.24, 2.45) is 5.73 Å². The molecule has 0 aromatic heterocycles. The molecule has 20 heavy (non-hydrogen) atoms. The highest BCUT2D eigenvalue weighted by Gasteiger charge is 2.24. The molecule has 1 fully saturated rings. The Morgan fingerprint density at radius 3 is 2.65 bits per heavy atom. The molecule has 3 N–H and O–H groups in total. The maximum atomic E-state index is 12.1. The second-order valence-corrected chi connectivity index (χ2v) is 6.35. The summed E-state index contributed by atoms with van der Waals surface area (Å²) < 4.78 is 28.3. The van der Waals surface area contributed by atoms with Crippen molar-refractivity contribution < 1.29 is 8.42 Å². The van der Waals surface area contributed by atoms with Gasteiger partial charge in [0.25, 0.3) is 10.2 Å². The van der Waals surface area contributed by atoms with E-state index in [1.165, 1.54) is 4.31 Å². The lowest BCUT2D eigenvalue weighted by Crippen LogP contribution is -2.38. The maximum absolute atomic E-state index is 12.1. The SMILES string of the molecule is NCC#Cc1ccccc1CNS(=O)(=O)N1CCCC1. The summed E-state index contributed by atoms with van der Waals surface area (Å²) in [7, 11) is -3.39. The standard InChI is InChI=1S/C14H19N3O2S/c15-9-5-8-13-6-1-2-7-14(13)12-16-20(18,19)17-10-3-4-11-17/h1-2,6-7,16H,3-4,9-12,15H2. The Labute approximate surface area is 120 Å². The summed E-state index contributed by atoms with van der Waals surface area (Å²) in [5.74, 6) is 5.74. The fourth-order valence-electron chi connectivity index (χ4n) is 2.13.